The van der Waals surface area contributed by atoms with Crippen molar-refractivity contribution < 1.29 is 0 Å². The number of hydrogen-bond acceptors (Lipinski definition) is 1. The second-order valence-corrected chi connectivity index (χ2v) is 15.2. The average Bonchev–Trinajstić information content (AvgIpc) is 3.61. The fourth-order valence-electron chi connectivity index (χ4n) is 9.53. The molecule has 1 heteroatoms. The number of benzene rings is 10. The van der Waals surface area contributed by atoms with Gasteiger partial charge in [-0.1, -0.05) is 200 Å². The van der Waals surface area contributed by atoms with E-state index < -0.39 is 5.41 Å². The second kappa shape index (κ2) is 13.9. The van der Waals surface area contributed by atoms with Crippen LogP contribution in [0.5, 0.6) is 0 Å². The predicted octanol–water partition coefficient (Wildman–Crippen LogP) is 15.2. The van der Waals surface area contributed by atoms with Crippen molar-refractivity contribution in [2.45, 2.75) is 5.41 Å². The van der Waals surface area contributed by atoms with Gasteiger partial charge in [-0.25, -0.2) is 0 Å². The minimum atomic E-state index is -0.455. The molecule has 10 aromatic rings. The van der Waals surface area contributed by atoms with E-state index in [1.54, 1.807) is 0 Å². The van der Waals surface area contributed by atoms with Crippen LogP contribution < -0.4 is 4.90 Å². The van der Waals surface area contributed by atoms with Crippen molar-refractivity contribution in [3.8, 4) is 33.4 Å². The molecular formula is C57H39N. The maximum Gasteiger partial charge on any atom is 0.0713 e. The van der Waals surface area contributed by atoms with E-state index in [1.807, 2.05) is 0 Å². The molecule has 0 aromatic heterocycles. The van der Waals surface area contributed by atoms with Gasteiger partial charge in [0.1, 0.15) is 0 Å². The zero-order valence-corrected chi connectivity index (χ0v) is 32.0. The van der Waals surface area contributed by atoms with Gasteiger partial charge in [-0.15, -0.1) is 0 Å². The Balaban J connectivity index is 1.09. The summed E-state index contributed by atoms with van der Waals surface area (Å²) >= 11 is 0. The molecule has 0 radical (unpaired) electrons. The zero-order valence-electron chi connectivity index (χ0n) is 32.0. The standard InChI is InChI=1S/C57H39N/c1-3-16-40(17-4-1)42-19-15-20-43(38-42)41-30-34-47(35-31-41)58(56-39-44-18-7-8-23-49(44)50-24-9-10-27-53(50)56)48-36-32-46(33-37-48)57(45-21-5-2-6-22-45)54-28-13-11-25-51(54)52-26-12-14-29-55(52)57/h1-39H. The largest absolute Gasteiger partial charge is 0.310 e. The highest BCUT2D eigenvalue weighted by atomic mass is 15.1. The molecule has 0 N–H and O–H groups in total. The first kappa shape index (κ1) is 33.8. The molecule has 0 atom stereocenters. The normalized spacial score (nSPS) is 12.6. The van der Waals surface area contributed by atoms with E-state index in [2.05, 4.69) is 241 Å². The van der Waals surface area contributed by atoms with Gasteiger partial charge in [-0.05, 0) is 108 Å². The molecule has 0 amide bonds. The smallest absolute Gasteiger partial charge is 0.0713 e. The molecule has 1 nitrogen and oxygen atoms in total. The summed E-state index contributed by atoms with van der Waals surface area (Å²) < 4.78 is 0. The lowest BCUT2D eigenvalue weighted by Gasteiger charge is -2.34. The maximum absolute atomic E-state index is 2.44. The first-order chi connectivity index (χ1) is 28.8. The lowest BCUT2D eigenvalue weighted by molar-refractivity contribution is 0.768. The molecule has 1 aliphatic rings. The van der Waals surface area contributed by atoms with Crippen LogP contribution >= 0.6 is 0 Å². The van der Waals surface area contributed by atoms with Crippen LogP contribution in [-0.2, 0) is 5.41 Å². The van der Waals surface area contributed by atoms with E-state index in [1.165, 1.54) is 77.2 Å². The molecule has 272 valence electrons. The molecule has 0 spiro atoms. The van der Waals surface area contributed by atoms with E-state index in [0.29, 0.717) is 0 Å². The van der Waals surface area contributed by atoms with Crippen molar-refractivity contribution in [2.75, 3.05) is 4.90 Å². The average molecular weight is 738 g/mol. The molecule has 11 rings (SSSR count). The summed E-state index contributed by atoms with van der Waals surface area (Å²) in [7, 11) is 0. The van der Waals surface area contributed by atoms with Gasteiger partial charge in [0.2, 0.25) is 0 Å². The summed E-state index contributed by atoms with van der Waals surface area (Å²) in [5.74, 6) is 0. The van der Waals surface area contributed by atoms with Gasteiger partial charge in [-0.2, -0.15) is 0 Å². The topological polar surface area (TPSA) is 3.24 Å². The zero-order chi connectivity index (χ0) is 38.5. The van der Waals surface area contributed by atoms with E-state index in [9.17, 15) is 0 Å². The molecule has 1 aliphatic carbocycles. The van der Waals surface area contributed by atoms with Gasteiger partial charge >= 0.3 is 0 Å². The Morgan fingerprint density at radius 2 is 0.759 bits per heavy atom. The molecule has 0 unspecified atom stereocenters. The van der Waals surface area contributed by atoms with Crippen LogP contribution in [0, 0.1) is 0 Å². The molecule has 0 saturated carbocycles. The Labute approximate surface area is 339 Å². The Morgan fingerprint density at radius 3 is 1.41 bits per heavy atom. The van der Waals surface area contributed by atoms with E-state index in [4.69, 9.17) is 0 Å². The van der Waals surface area contributed by atoms with Crippen LogP contribution in [0.15, 0.2) is 237 Å². The third-order valence-corrected chi connectivity index (χ3v) is 12.1. The van der Waals surface area contributed by atoms with Crippen molar-refractivity contribution in [3.05, 3.63) is 259 Å². The van der Waals surface area contributed by atoms with Crippen LogP contribution in [0.2, 0.25) is 0 Å². The van der Waals surface area contributed by atoms with Crippen molar-refractivity contribution in [1.29, 1.82) is 0 Å². The van der Waals surface area contributed by atoms with Crippen molar-refractivity contribution >= 4 is 38.6 Å². The Kier molecular flexibility index (Phi) is 8.12. The summed E-state index contributed by atoms with van der Waals surface area (Å²) in [6, 6.07) is 86.8. The minimum absolute atomic E-state index is 0.455. The Hall–Kier alpha value is -7.48. The van der Waals surface area contributed by atoms with Gasteiger partial charge in [-0.3, -0.25) is 0 Å². The summed E-state index contributed by atoms with van der Waals surface area (Å²) in [4.78, 5) is 2.44. The molecule has 0 fully saturated rings. The Morgan fingerprint density at radius 1 is 0.293 bits per heavy atom. The number of rotatable bonds is 7. The number of fused-ring (bicyclic) bond motifs is 6. The fraction of sp³-hybridized carbons (Fsp3) is 0.0175. The van der Waals surface area contributed by atoms with Crippen LogP contribution in [0.25, 0.3) is 54.9 Å². The molecule has 0 heterocycles. The summed E-state index contributed by atoms with van der Waals surface area (Å²) in [6.45, 7) is 0. The summed E-state index contributed by atoms with van der Waals surface area (Å²) in [6.07, 6.45) is 0. The highest BCUT2D eigenvalue weighted by Crippen LogP contribution is 2.56. The van der Waals surface area contributed by atoms with E-state index >= 15 is 0 Å². The van der Waals surface area contributed by atoms with E-state index in [-0.39, 0.29) is 0 Å². The van der Waals surface area contributed by atoms with Gasteiger partial charge in [0.15, 0.2) is 0 Å². The van der Waals surface area contributed by atoms with Crippen molar-refractivity contribution in [1.82, 2.24) is 0 Å². The summed E-state index contributed by atoms with van der Waals surface area (Å²) in [5, 5.41) is 4.93. The van der Waals surface area contributed by atoms with Gasteiger partial charge in [0, 0.05) is 16.8 Å². The molecule has 0 bridgehead atoms. The predicted molar refractivity (Wildman–Crippen MR) is 244 cm³/mol. The first-order valence-corrected chi connectivity index (χ1v) is 20.1. The fourth-order valence-corrected chi connectivity index (χ4v) is 9.53. The number of nitrogens with zero attached hydrogens (tertiary/aromatic N) is 1. The molecule has 0 aliphatic heterocycles. The summed E-state index contributed by atoms with van der Waals surface area (Å²) in [5.41, 5.74) is 15.5. The van der Waals surface area contributed by atoms with Crippen LogP contribution in [0.1, 0.15) is 22.3 Å². The minimum Gasteiger partial charge on any atom is -0.310 e. The lowest BCUT2D eigenvalue weighted by atomic mass is 9.68. The first-order valence-electron chi connectivity index (χ1n) is 20.1. The van der Waals surface area contributed by atoms with E-state index in [0.717, 1.165) is 17.1 Å². The molecule has 58 heavy (non-hydrogen) atoms. The molecule has 10 aromatic carbocycles. The van der Waals surface area contributed by atoms with Crippen LogP contribution in [-0.4, -0.2) is 0 Å². The third-order valence-electron chi connectivity index (χ3n) is 12.1. The Bertz CT molecular complexity index is 3050. The third kappa shape index (κ3) is 5.39. The number of hydrogen-bond donors (Lipinski definition) is 0. The van der Waals surface area contributed by atoms with Crippen LogP contribution in [0.4, 0.5) is 17.1 Å². The monoisotopic (exact) mass is 737 g/mol. The lowest BCUT2D eigenvalue weighted by Crippen LogP contribution is -2.28. The van der Waals surface area contributed by atoms with Gasteiger partial charge in [0.25, 0.3) is 0 Å². The molecule has 0 saturated heterocycles. The SMILES string of the molecule is c1ccc(-c2cccc(-c3ccc(N(c4ccc(C5(c6ccccc6)c6ccccc6-c6ccccc65)cc4)c4cc5ccccc5c5ccccc45)cc3)c2)cc1. The van der Waals surface area contributed by atoms with Gasteiger partial charge < -0.3 is 4.90 Å². The van der Waals surface area contributed by atoms with Crippen LogP contribution in [0.3, 0.4) is 0 Å². The maximum atomic E-state index is 2.44. The quantitative estimate of drug-likeness (QED) is 0.147. The van der Waals surface area contributed by atoms with Crippen molar-refractivity contribution in [2.24, 2.45) is 0 Å². The highest BCUT2D eigenvalue weighted by Gasteiger charge is 2.45. The highest BCUT2D eigenvalue weighted by molar-refractivity contribution is 6.14. The number of anilines is 3. The molecular weight excluding hydrogens is 699 g/mol. The van der Waals surface area contributed by atoms with Gasteiger partial charge in [0.05, 0.1) is 11.1 Å². The van der Waals surface area contributed by atoms with Crippen molar-refractivity contribution in [3.63, 3.8) is 0 Å². The second-order valence-electron chi connectivity index (χ2n) is 15.2.